The van der Waals surface area contributed by atoms with Gasteiger partial charge in [-0.3, -0.25) is 0 Å². The van der Waals surface area contributed by atoms with E-state index in [1.807, 2.05) is 14.1 Å². The van der Waals surface area contributed by atoms with Crippen LogP contribution >= 0.6 is 0 Å². The van der Waals surface area contributed by atoms with Crippen molar-refractivity contribution in [3.63, 3.8) is 0 Å². The second-order valence-corrected chi connectivity index (χ2v) is 6.88. The summed E-state index contributed by atoms with van der Waals surface area (Å²) in [6.07, 6.45) is 2.62. The van der Waals surface area contributed by atoms with Gasteiger partial charge >= 0.3 is 0 Å². The van der Waals surface area contributed by atoms with Gasteiger partial charge in [-0.1, -0.05) is 13.0 Å². The van der Waals surface area contributed by atoms with Crippen LogP contribution in [0.4, 0.5) is 0 Å². The van der Waals surface area contributed by atoms with Gasteiger partial charge in [0.15, 0.2) is 5.03 Å². The van der Waals surface area contributed by atoms with Gasteiger partial charge in [0.25, 0.3) is 10.0 Å². The van der Waals surface area contributed by atoms with Crippen molar-refractivity contribution in [3.05, 3.63) is 23.9 Å². The van der Waals surface area contributed by atoms with E-state index in [0.29, 0.717) is 25.7 Å². The predicted octanol–water partition coefficient (Wildman–Crippen LogP) is 0.810. The van der Waals surface area contributed by atoms with Crippen LogP contribution in [-0.2, 0) is 16.6 Å². The van der Waals surface area contributed by atoms with Crippen LogP contribution in [0.1, 0.15) is 25.8 Å². The summed E-state index contributed by atoms with van der Waals surface area (Å²) >= 11 is 0. The minimum absolute atomic E-state index is 0.0635. The number of likely N-dealkylation sites (N-methyl/N-ethyl adjacent to an activating group) is 1. The molecule has 0 amide bonds. The third-order valence-electron chi connectivity index (χ3n) is 3.55. The monoisotopic (exact) mass is 314 g/mol. The van der Waals surface area contributed by atoms with Gasteiger partial charge in [0.2, 0.25) is 0 Å². The molecular weight excluding hydrogens is 288 g/mol. The van der Waals surface area contributed by atoms with Crippen LogP contribution in [-0.4, -0.2) is 51.5 Å². The van der Waals surface area contributed by atoms with Crippen molar-refractivity contribution in [2.24, 2.45) is 0 Å². The first kappa shape index (κ1) is 18.0. The van der Waals surface area contributed by atoms with E-state index in [4.69, 9.17) is 0 Å². The average Bonchev–Trinajstić information content (AvgIpc) is 2.47. The second-order valence-electron chi connectivity index (χ2n) is 5.17. The Kier molecular flexibility index (Phi) is 7.24. The second kappa shape index (κ2) is 8.43. The highest BCUT2D eigenvalue weighted by Crippen LogP contribution is 2.06. The molecular formula is C14H26N4O2S. The molecule has 0 aliphatic rings. The summed E-state index contributed by atoms with van der Waals surface area (Å²) in [5.41, 5.74) is 0.952. The van der Waals surface area contributed by atoms with Crippen LogP contribution in [0.3, 0.4) is 0 Å². The molecule has 1 atom stereocenters. The molecule has 7 heteroatoms. The first-order valence-electron chi connectivity index (χ1n) is 7.20. The van der Waals surface area contributed by atoms with Gasteiger partial charge in [-0.25, -0.2) is 18.1 Å². The molecule has 0 radical (unpaired) electrons. The number of sulfonamides is 1. The summed E-state index contributed by atoms with van der Waals surface area (Å²) in [4.78, 5) is 6.14. The smallest absolute Gasteiger partial charge is 0.258 e. The highest BCUT2D eigenvalue weighted by Gasteiger charge is 2.15. The Morgan fingerprint density at radius 1 is 1.38 bits per heavy atom. The number of hydrogen-bond acceptors (Lipinski definition) is 5. The van der Waals surface area contributed by atoms with E-state index in [-0.39, 0.29) is 5.03 Å². The predicted molar refractivity (Wildman–Crippen MR) is 84.6 cm³/mol. The maximum absolute atomic E-state index is 12.1. The third kappa shape index (κ3) is 5.70. The molecule has 0 aliphatic heterocycles. The van der Waals surface area contributed by atoms with E-state index >= 15 is 0 Å². The molecule has 0 aromatic carbocycles. The fourth-order valence-corrected chi connectivity index (χ4v) is 2.79. The molecule has 0 fully saturated rings. The van der Waals surface area contributed by atoms with Gasteiger partial charge < -0.3 is 10.2 Å². The summed E-state index contributed by atoms with van der Waals surface area (Å²) in [7, 11) is 0.298. The number of aromatic nitrogens is 1. The van der Waals surface area contributed by atoms with E-state index in [0.717, 1.165) is 12.0 Å². The van der Waals surface area contributed by atoms with Gasteiger partial charge in [0.05, 0.1) is 0 Å². The quantitative estimate of drug-likeness (QED) is 0.705. The molecule has 2 N–H and O–H groups in total. The number of hydrogen-bond donors (Lipinski definition) is 2. The molecule has 120 valence electrons. The van der Waals surface area contributed by atoms with E-state index in [9.17, 15) is 8.42 Å². The van der Waals surface area contributed by atoms with E-state index in [1.54, 1.807) is 12.3 Å². The van der Waals surface area contributed by atoms with Crippen LogP contribution in [0.15, 0.2) is 23.4 Å². The van der Waals surface area contributed by atoms with Gasteiger partial charge in [-0.05, 0) is 39.1 Å². The highest BCUT2D eigenvalue weighted by atomic mass is 32.2. The summed E-state index contributed by atoms with van der Waals surface area (Å²) in [5, 5.41) is 3.06. The van der Waals surface area contributed by atoms with Gasteiger partial charge in [-0.2, -0.15) is 0 Å². The standard InChI is InChI=1S/C14H26N4O2S/c1-5-12(2)18(4)9-8-17-21(19,20)14-7-6-13(10-15-3)11-16-14/h6-7,11-12,15,17H,5,8-10H2,1-4H3. The Morgan fingerprint density at radius 3 is 2.62 bits per heavy atom. The highest BCUT2D eigenvalue weighted by molar-refractivity contribution is 7.89. The minimum atomic E-state index is -3.53. The third-order valence-corrected chi connectivity index (χ3v) is 4.93. The first-order chi connectivity index (χ1) is 9.90. The van der Waals surface area contributed by atoms with E-state index in [1.165, 1.54) is 6.07 Å². The molecule has 1 rings (SSSR count). The molecule has 0 bridgehead atoms. The van der Waals surface area contributed by atoms with Crippen LogP contribution in [0.5, 0.6) is 0 Å². The molecule has 0 aliphatic carbocycles. The van der Waals surface area contributed by atoms with Crippen LogP contribution in [0, 0.1) is 0 Å². The van der Waals surface area contributed by atoms with Crippen molar-refractivity contribution in [1.82, 2.24) is 19.9 Å². The lowest BCUT2D eigenvalue weighted by atomic mass is 10.2. The average molecular weight is 314 g/mol. The van der Waals surface area contributed by atoms with Crippen molar-refractivity contribution < 1.29 is 8.42 Å². The largest absolute Gasteiger partial charge is 0.316 e. The lowest BCUT2D eigenvalue weighted by molar-refractivity contribution is 0.256. The van der Waals surface area contributed by atoms with Crippen LogP contribution < -0.4 is 10.0 Å². The molecule has 21 heavy (non-hydrogen) atoms. The summed E-state index contributed by atoms with van der Waals surface area (Å²) in [5.74, 6) is 0. The van der Waals surface area contributed by atoms with E-state index < -0.39 is 10.0 Å². The SMILES string of the molecule is CCC(C)N(C)CCNS(=O)(=O)c1ccc(CNC)cn1. The Morgan fingerprint density at radius 2 is 2.10 bits per heavy atom. The number of nitrogens with one attached hydrogen (secondary N) is 2. The summed E-state index contributed by atoms with van der Waals surface area (Å²) < 4.78 is 26.8. The van der Waals surface area contributed by atoms with Crippen molar-refractivity contribution in [2.75, 3.05) is 27.2 Å². The zero-order valence-electron chi connectivity index (χ0n) is 13.3. The Bertz CT molecular complexity index is 516. The molecule has 1 aromatic rings. The molecule has 0 saturated heterocycles. The Hall–Kier alpha value is -1.02. The van der Waals surface area contributed by atoms with Gasteiger partial charge in [0.1, 0.15) is 0 Å². The summed E-state index contributed by atoms with van der Waals surface area (Å²) in [6.45, 7) is 5.95. The number of pyridine rings is 1. The van der Waals surface area contributed by atoms with Crippen LogP contribution in [0.25, 0.3) is 0 Å². The normalized spacial score (nSPS) is 13.6. The zero-order valence-corrected chi connectivity index (χ0v) is 14.1. The van der Waals surface area contributed by atoms with Crippen molar-refractivity contribution in [3.8, 4) is 0 Å². The topological polar surface area (TPSA) is 74.3 Å². The zero-order chi connectivity index (χ0) is 15.9. The van der Waals surface area contributed by atoms with Crippen molar-refractivity contribution in [1.29, 1.82) is 0 Å². The molecule has 1 unspecified atom stereocenters. The lowest BCUT2D eigenvalue weighted by Gasteiger charge is -2.23. The first-order valence-corrected chi connectivity index (χ1v) is 8.68. The molecule has 0 spiro atoms. The maximum atomic E-state index is 12.1. The molecule has 1 heterocycles. The lowest BCUT2D eigenvalue weighted by Crippen LogP contribution is -2.37. The van der Waals surface area contributed by atoms with Crippen molar-refractivity contribution >= 4 is 10.0 Å². The fourth-order valence-electron chi connectivity index (χ4n) is 1.84. The van der Waals surface area contributed by atoms with Crippen LogP contribution in [0.2, 0.25) is 0 Å². The fraction of sp³-hybridized carbons (Fsp3) is 0.643. The summed E-state index contributed by atoms with van der Waals surface area (Å²) in [6, 6.07) is 3.74. The molecule has 6 nitrogen and oxygen atoms in total. The van der Waals surface area contributed by atoms with Crippen molar-refractivity contribution in [2.45, 2.75) is 37.9 Å². The van der Waals surface area contributed by atoms with E-state index in [2.05, 4.69) is 33.8 Å². The van der Waals surface area contributed by atoms with Gasteiger partial charge in [0, 0.05) is 31.9 Å². The number of rotatable bonds is 9. The number of nitrogens with zero attached hydrogens (tertiary/aromatic N) is 2. The molecule has 0 saturated carbocycles. The van der Waals surface area contributed by atoms with Gasteiger partial charge in [-0.15, -0.1) is 0 Å². The maximum Gasteiger partial charge on any atom is 0.258 e. The minimum Gasteiger partial charge on any atom is -0.316 e. The Labute approximate surface area is 128 Å². The Balaban J connectivity index is 2.57. The molecule has 1 aromatic heterocycles.